The summed E-state index contributed by atoms with van der Waals surface area (Å²) in [4.78, 5) is 3.24. The predicted octanol–water partition coefficient (Wildman–Crippen LogP) is 2.60. The van der Waals surface area contributed by atoms with Crippen LogP contribution >= 0.6 is 0 Å². The fourth-order valence-electron chi connectivity index (χ4n) is 2.16. The summed E-state index contributed by atoms with van der Waals surface area (Å²) < 4.78 is 15.8. The van der Waals surface area contributed by atoms with Crippen molar-refractivity contribution in [2.75, 3.05) is 0 Å². The molecule has 2 aromatic carbocycles. The molecule has 2 aromatic rings. The first-order valence-corrected chi connectivity index (χ1v) is 8.39. The molecule has 2 rings (SSSR count). The van der Waals surface area contributed by atoms with Crippen LogP contribution in [0.3, 0.4) is 0 Å². The Bertz CT molecular complexity index is 480. The normalized spacial score (nSPS) is 12.4. The smallest absolute Gasteiger partial charge is 0.301 e. The van der Waals surface area contributed by atoms with Gasteiger partial charge in [-0.05, 0) is 31.1 Å². The molecule has 0 aromatic heterocycles. The number of hydrogen-bond acceptors (Lipinski definition) is 1. The lowest BCUT2D eigenvalue weighted by Crippen LogP contribution is -2.70. The zero-order chi connectivity index (χ0) is 13.9. The van der Waals surface area contributed by atoms with Crippen molar-refractivity contribution in [3.63, 3.8) is 0 Å². The molecule has 0 saturated heterocycles. The lowest BCUT2D eigenvalue weighted by Gasteiger charge is -2.32. The maximum absolute atomic E-state index is 15.8. The summed E-state index contributed by atoms with van der Waals surface area (Å²) >= 11 is 0. The van der Waals surface area contributed by atoms with Crippen LogP contribution in [0.4, 0.5) is 4.11 Å². The molecular weight excluding hydrogens is 253 g/mol. The minimum atomic E-state index is -3.39. The summed E-state index contributed by atoms with van der Waals surface area (Å²) in [6, 6.07) is 18.9. The van der Waals surface area contributed by atoms with Crippen LogP contribution in [0.25, 0.3) is 0 Å². The third kappa shape index (κ3) is 3.31. The van der Waals surface area contributed by atoms with E-state index in [9.17, 15) is 0 Å². The highest BCUT2D eigenvalue weighted by Gasteiger charge is 2.42. The molecule has 0 radical (unpaired) electrons. The maximum atomic E-state index is 15.8. The molecule has 3 heteroatoms. The lowest BCUT2D eigenvalue weighted by molar-refractivity contribution is 0.495. The first kappa shape index (κ1) is 14.0. The van der Waals surface area contributed by atoms with E-state index < -0.39 is 8.57 Å². The summed E-state index contributed by atoms with van der Waals surface area (Å²) in [5.41, 5.74) is -0.271. The van der Waals surface area contributed by atoms with Gasteiger partial charge in [0, 0.05) is 5.54 Å². The van der Waals surface area contributed by atoms with Gasteiger partial charge in [-0.3, -0.25) is 4.11 Å². The second kappa shape index (κ2) is 5.27. The Morgan fingerprint density at radius 3 is 1.47 bits per heavy atom. The van der Waals surface area contributed by atoms with E-state index in [0.29, 0.717) is 0 Å². The van der Waals surface area contributed by atoms with E-state index in [1.807, 2.05) is 81.4 Å². The molecule has 0 bridgehead atoms. The molecule has 0 spiro atoms. The van der Waals surface area contributed by atoms with Gasteiger partial charge in [-0.2, -0.15) is 0 Å². The molecule has 0 aliphatic rings. The van der Waals surface area contributed by atoms with E-state index in [0.717, 1.165) is 10.4 Å². The van der Waals surface area contributed by atoms with Crippen LogP contribution < -0.4 is 15.4 Å². The minimum Gasteiger partial charge on any atom is -0.301 e. The van der Waals surface area contributed by atoms with Gasteiger partial charge in [0.2, 0.25) is 0 Å². The Balaban J connectivity index is 2.51. The van der Waals surface area contributed by atoms with Crippen LogP contribution in [-0.4, -0.2) is 14.1 Å². The monoisotopic (exact) mass is 273 g/mol. The molecule has 0 aliphatic heterocycles. The average Bonchev–Trinajstić information content (AvgIpc) is 2.39. The van der Waals surface area contributed by atoms with E-state index in [4.69, 9.17) is 0 Å². The predicted molar refractivity (Wildman–Crippen MR) is 81.9 cm³/mol. The molecule has 0 fully saturated rings. The molecule has 0 heterocycles. The van der Waals surface area contributed by atoms with Gasteiger partial charge in [-0.15, -0.1) is 0 Å². The first-order chi connectivity index (χ1) is 8.92. The Labute approximate surface area is 115 Å². The van der Waals surface area contributed by atoms with Crippen LogP contribution in [0.15, 0.2) is 60.7 Å². The van der Waals surface area contributed by atoms with Gasteiger partial charge in [-0.25, -0.2) is 0 Å². The van der Waals surface area contributed by atoms with Gasteiger partial charge < -0.3 is 4.98 Å². The SMILES string of the molecule is CC(C)(C)N[Si](F)(c1ccccc1)c1ccccc1. The number of benzene rings is 2. The van der Waals surface area contributed by atoms with Crippen molar-refractivity contribution in [1.82, 2.24) is 4.98 Å². The van der Waals surface area contributed by atoms with Crippen molar-refractivity contribution < 1.29 is 4.11 Å². The van der Waals surface area contributed by atoms with Gasteiger partial charge in [0.15, 0.2) is 0 Å². The quantitative estimate of drug-likeness (QED) is 0.669. The summed E-state index contributed by atoms with van der Waals surface area (Å²) in [6.07, 6.45) is 0. The minimum absolute atomic E-state index is 0.271. The first-order valence-electron chi connectivity index (χ1n) is 6.51. The highest BCUT2D eigenvalue weighted by atomic mass is 28.4. The second-order valence-corrected chi connectivity index (χ2v) is 8.49. The van der Waals surface area contributed by atoms with Crippen LogP contribution in [0, 0.1) is 0 Å². The number of nitrogens with one attached hydrogen (secondary N) is 1. The van der Waals surface area contributed by atoms with Gasteiger partial charge in [-0.1, -0.05) is 60.7 Å². The largest absolute Gasteiger partial charge is 0.383 e. The molecule has 1 nitrogen and oxygen atoms in total. The van der Waals surface area contributed by atoms with Gasteiger partial charge in [0.25, 0.3) is 0 Å². The lowest BCUT2D eigenvalue weighted by atomic mass is 10.1. The van der Waals surface area contributed by atoms with Crippen molar-refractivity contribution in [1.29, 1.82) is 0 Å². The third-order valence-electron chi connectivity index (χ3n) is 2.89. The number of halogens is 1. The summed E-state index contributed by atoms with van der Waals surface area (Å²) in [5, 5.41) is 1.52. The zero-order valence-electron chi connectivity index (χ0n) is 11.7. The van der Waals surface area contributed by atoms with Crippen molar-refractivity contribution in [3.05, 3.63) is 60.7 Å². The van der Waals surface area contributed by atoms with Crippen LogP contribution in [0.1, 0.15) is 20.8 Å². The van der Waals surface area contributed by atoms with E-state index in [1.54, 1.807) is 0 Å². The summed E-state index contributed by atoms with van der Waals surface area (Å²) in [7, 11) is -3.39. The van der Waals surface area contributed by atoms with E-state index in [1.165, 1.54) is 0 Å². The van der Waals surface area contributed by atoms with Crippen molar-refractivity contribution in [3.8, 4) is 0 Å². The highest BCUT2D eigenvalue weighted by Crippen LogP contribution is 2.10. The standard InChI is InChI=1S/C16H20FNSi/c1-16(2,3)18-19(17,14-10-6-4-7-11-14)15-12-8-5-9-13-15/h4-13,18H,1-3H3. The summed E-state index contributed by atoms with van der Waals surface area (Å²) in [5.74, 6) is 0. The molecule has 0 unspecified atom stereocenters. The van der Waals surface area contributed by atoms with E-state index in [-0.39, 0.29) is 5.54 Å². The molecular formula is C16H20FNSi. The molecule has 0 saturated carbocycles. The molecule has 1 N–H and O–H groups in total. The van der Waals surface area contributed by atoms with Gasteiger partial charge >= 0.3 is 8.57 Å². The second-order valence-electron chi connectivity index (χ2n) is 5.77. The fraction of sp³-hybridized carbons (Fsp3) is 0.250. The molecule has 0 aliphatic carbocycles. The van der Waals surface area contributed by atoms with Crippen LogP contribution in [0.5, 0.6) is 0 Å². The van der Waals surface area contributed by atoms with Gasteiger partial charge in [0.1, 0.15) is 0 Å². The van der Waals surface area contributed by atoms with Crippen LogP contribution in [0.2, 0.25) is 0 Å². The number of hydrogen-bond donors (Lipinski definition) is 1. The Morgan fingerprint density at radius 1 is 0.789 bits per heavy atom. The summed E-state index contributed by atoms with van der Waals surface area (Å²) in [6.45, 7) is 6.00. The molecule has 0 amide bonds. The molecule has 0 atom stereocenters. The van der Waals surface area contributed by atoms with Crippen molar-refractivity contribution in [2.45, 2.75) is 26.3 Å². The maximum Gasteiger partial charge on any atom is 0.383 e. The van der Waals surface area contributed by atoms with Crippen molar-refractivity contribution in [2.24, 2.45) is 0 Å². The highest BCUT2D eigenvalue weighted by molar-refractivity contribution is 6.95. The Hall–Kier alpha value is -1.45. The topological polar surface area (TPSA) is 12.0 Å². The third-order valence-corrected chi connectivity index (χ3v) is 6.24. The average molecular weight is 273 g/mol. The Kier molecular flexibility index (Phi) is 3.87. The molecule has 19 heavy (non-hydrogen) atoms. The van der Waals surface area contributed by atoms with Gasteiger partial charge in [0.05, 0.1) is 0 Å². The number of rotatable bonds is 3. The van der Waals surface area contributed by atoms with Crippen LogP contribution in [-0.2, 0) is 0 Å². The fourth-order valence-corrected chi connectivity index (χ4v) is 5.12. The van der Waals surface area contributed by atoms with Crippen molar-refractivity contribution >= 4 is 18.9 Å². The Morgan fingerprint density at radius 2 is 1.16 bits per heavy atom. The van der Waals surface area contributed by atoms with E-state index >= 15 is 4.11 Å². The van der Waals surface area contributed by atoms with E-state index in [2.05, 4.69) is 4.98 Å². The zero-order valence-corrected chi connectivity index (χ0v) is 12.7. The molecule has 100 valence electrons.